The van der Waals surface area contributed by atoms with Crippen molar-refractivity contribution in [1.29, 1.82) is 0 Å². The second kappa shape index (κ2) is 8.43. The minimum Gasteiger partial charge on any atom is -0.353 e. The third-order valence-electron chi connectivity index (χ3n) is 4.90. The number of carbonyl (C=O) groups is 1. The van der Waals surface area contributed by atoms with Gasteiger partial charge in [0.2, 0.25) is 5.91 Å². The van der Waals surface area contributed by atoms with Crippen molar-refractivity contribution in [2.45, 2.75) is 64.0 Å². The Hall–Kier alpha value is -1.95. The number of nitrogens with zero attached hydrogens (tertiary/aromatic N) is 1. The summed E-state index contributed by atoms with van der Waals surface area (Å²) >= 11 is 5.31. The molecule has 0 unspecified atom stereocenters. The molecule has 134 valence electrons. The summed E-state index contributed by atoms with van der Waals surface area (Å²) in [6.45, 7) is 0.587. The molecule has 1 aromatic heterocycles. The summed E-state index contributed by atoms with van der Waals surface area (Å²) in [4.78, 5) is 27.5. The fourth-order valence-corrected chi connectivity index (χ4v) is 3.79. The molecule has 1 saturated carbocycles. The number of aromatic nitrogens is 2. The number of aromatic amines is 1. The maximum atomic E-state index is 12.5. The molecule has 0 bridgehead atoms. The zero-order chi connectivity index (χ0) is 17.6. The molecule has 6 heteroatoms. The predicted octanol–water partition coefficient (Wildman–Crippen LogP) is 3.68. The van der Waals surface area contributed by atoms with Crippen LogP contribution in [0.3, 0.4) is 0 Å². The molecule has 1 heterocycles. The molecule has 0 spiro atoms. The number of para-hydroxylation sites is 1. The normalized spacial score (nSPS) is 14.9. The Morgan fingerprint density at radius 2 is 1.96 bits per heavy atom. The Labute approximate surface area is 152 Å². The van der Waals surface area contributed by atoms with Gasteiger partial charge in [-0.1, -0.05) is 31.4 Å². The summed E-state index contributed by atoms with van der Waals surface area (Å²) in [7, 11) is 0. The van der Waals surface area contributed by atoms with Gasteiger partial charge in [0.25, 0.3) is 5.56 Å². The van der Waals surface area contributed by atoms with Crippen molar-refractivity contribution in [2.75, 3.05) is 0 Å². The van der Waals surface area contributed by atoms with Crippen molar-refractivity contribution in [3.8, 4) is 0 Å². The Kier molecular flexibility index (Phi) is 6.02. The summed E-state index contributed by atoms with van der Waals surface area (Å²) in [6.07, 6.45) is 7.85. The van der Waals surface area contributed by atoms with Gasteiger partial charge in [-0.2, -0.15) is 0 Å². The average molecular weight is 359 g/mol. The third kappa shape index (κ3) is 4.57. The van der Waals surface area contributed by atoms with Gasteiger partial charge in [0, 0.05) is 19.0 Å². The van der Waals surface area contributed by atoms with Gasteiger partial charge in [-0.05, 0) is 50.0 Å². The van der Waals surface area contributed by atoms with Gasteiger partial charge in [-0.25, -0.2) is 0 Å². The molecule has 0 saturated heterocycles. The van der Waals surface area contributed by atoms with Crippen LogP contribution < -0.4 is 10.9 Å². The highest BCUT2D eigenvalue weighted by molar-refractivity contribution is 7.71. The highest BCUT2D eigenvalue weighted by atomic mass is 32.1. The van der Waals surface area contributed by atoms with Crippen LogP contribution in [0.5, 0.6) is 0 Å². The van der Waals surface area contributed by atoms with Gasteiger partial charge in [-0.15, -0.1) is 0 Å². The first-order valence-electron chi connectivity index (χ1n) is 9.16. The van der Waals surface area contributed by atoms with Crippen LogP contribution in [-0.2, 0) is 11.3 Å². The summed E-state index contributed by atoms with van der Waals surface area (Å²) < 4.78 is 2.08. The lowest BCUT2D eigenvalue weighted by atomic mass is 10.1. The Balaban J connectivity index is 1.47. The Morgan fingerprint density at radius 1 is 1.20 bits per heavy atom. The molecule has 0 radical (unpaired) electrons. The smallest absolute Gasteiger partial charge is 0.262 e. The molecule has 2 N–H and O–H groups in total. The number of amides is 1. The lowest BCUT2D eigenvalue weighted by molar-refractivity contribution is -0.121. The molecule has 5 nitrogen and oxygen atoms in total. The van der Waals surface area contributed by atoms with Crippen LogP contribution in [0.25, 0.3) is 10.9 Å². The molecule has 25 heavy (non-hydrogen) atoms. The van der Waals surface area contributed by atoms with E-state index in [1.165, 1.54) is 12.8 Å². The van der Waals surface area contributed by atoms with E-state index in [-0.39, 0.29) is 11.5 Å². The molecular weight excluding hydrogens is 334 g/mol. The van der Waals surface area contributed by atoms with Crippen LogP contribution >= 0.6 is 12.2 Å². The van der Waals surface area contributed by atoms with Gasteiger partial charge in [0.1, 0.15) is 0 Å². The van der Waals surface area contributed by atoms with Crippen molar-refractivity contribution in [2.24, 2.45) is 0 Å². The third-order valence-corrected chi connectivity index (χ3v) is 5.22. The maximum Gasteiger partial charge on any atom is 0.262 e. The highest BCUT2D eigenvalue weighted by Crippen LogP contribution is 2.17. The van der Waals surface area contributed by atoms with Crippen LogP contribution in [0.1, 0.15) is 51.4 Å². The zero-order valence-electron chi connectivity index (χ0n) is 14.4. The van der Waals surface area contributed by atoms with Crippen molar-refractivity contribution in [3.63, 3.8) is 0 Å². The van der Waals surface area contributed by atoms with Crippen LogP contribution in [0, 0.1) is 4.77 Å². The van der Waals surface area contributed by atoms with Crippen molar-refractivity contribution >= 4 is 29.0 Å². The van der Waals surface area contributed by atoms with Crippen molar-refractivity contribution in [3.05, 3.63) is 39.4 Å². The Morgan fingerprint density at radius 3 is 2.76 bits per heavy atom. The number of unbranched alkanes of at least 4 members (excludes halogenated alkanes) is 2. The number of benzene rings is 1. The van der Waals surface area contributed by atoms with Crippen molar-refractivity contribution < 1.29 is 4.79 Å². The van der Waals surface area contributed by atoms with Gasteiger partial charge in [-0.3, -0.25) is 14.2 Å². The zero-order valence-corrected chi connectivity index (χ0v) is 15.2. The minimum atomic E-state index is -0.0432. The number of rotatable bonds is 7. The largest absolute Gasteiger partial charge is 0.353 e. The van der Waals surface area contributed by atoms with E-state index in [0.717, 1.165) is 37.6 Å². The summed E-state index contributed by atoms with van der Waals surface area (Å²) in [5, 5.41) is 3.77. The molecule has 0 atom stereocenters. The molecule has 2 aromatic rings. The maximum absolute atomic E-state index is 12.5. The highest BCUT2D eigenvalue weighted by Gasteiger charge is 2.16. The Bertz CT molecular complexity index is 850. The van der Waals surface area contributed by atoms with Gasteiger partial charge >= 0.3 is 0 Å². The molecule has 0 aliphatic heterocycles. The molecule has 1 aliphatic carbocycles. The predicted molar refractivity (Wildman–Crippen MR) is 102 cm³/mol. The monoisotopic (exact) mass is 359 g/mol. The van der Waals surface area contributed by atoms with Gasteiger partial charge < -0.3 is 10.3 Å². The van der Waals surface area contributed by atoms with E-state index in [1.54, 1.807) is 4.57 Å². The number of carbonyl (C=O) groups excluding carboxylic acids is 1. The van der Waals surface area contributed by atoms with Crippen LogP contribution in [-0.4, -0.2) is 21.5 Å². The van der Waals surface area contributed by atoms with Gasteiger partial charge in [0.15, 0.2) is 4.77 Å². The number of H-pyrrole nitrogens is 1. The van der Waals surface area contributed by atoms with E-state index in [1.807, 2.05) is 24.3 Å². The topological polar surface area (TPSA) is 66.9 Å². The van der Waals surface area contributed by atoms with E-state index in [4.69, 9.17) is 12.2 Å². The first-order valence-corrected chi connectivity index (χ1v) is 9.57. The molecule has 1 aromatic carbocycles. The quantitative estimate of drug-likeness (QED) is 0.585. The van der Waals surface area contributed by atoms with E-state index in [2.05, 4.69) is 10.3 Å². The molecule has 1 aliphatic rings. The van der Waals surface area contributed by atoms with E-state index >= 15 is 0 Å². The molecule has 3 rings (SSSR count). The fraction of sp³-hybridized carbons (Fsp3) is 0.526. The van der Waals surface area contributed by atoms with E-state index in [0.29, 0.717) is 29.2 Å². The van der Waals surface area contributed by atoms with E-state index in [9.17, 15) is 9.59 Å². The van der Waals surface area contributed by atoms with E-state index < -0.39 is 0 Å². The lowest BCUT2D eigenvalue weighted by Crippen LogP contribution is -2.32. The standard InChI is InChI=1S/C19H25N3O2S/c23-17(20-14-8-3-4-9-14)12-2-1-7-13-22-18(24)15-10-5-6-11-16(15)21-19(22)25/h5-6,10-11,14H,1-4,7-9,12-13H2,(H,20,23)(H,21,25). The number of nitrogens with one attached hydrogen (secondary N) is 2. The minimum absolute atomic E-state index is 0.0432. The van der Waals surface area contributed by atoms with Crippen LogP contribution in [0.4, 0.5) is 0 Å². The number of fused-ring (bicyclic) bond motifs is 1. The first-order chi connectivity index (χ1) is 12.1. The summed E-state index contributed by atoms with van der Waals surface area (Å²) in [5.74, 6) is 0.159. The lowest BCUT2D eigenvalue weighted by Gasteiger charge is -2.11. The van der Waals surface area contributed by atoms with Crippen LogP contribution in [0.2, 0.25) is 0 Å². The molecule has 1 fully saturated rings. The fourth-order valence-electron chi connectivity index (χ4n) is 3.50. The first kappa shape index (κ1) is 17.9. The van der Waals surface area contributed by atoms with Gasteiger partial charge in [0.05, 0.1) is 10.9 Å². The second-order valence-corrected chi connectivity index (χ2v) is 7.18. The number of hydrogen-bond acceptors (Lipinski definition) is 3. The average Bonchev–Trinajstić information content (AvgIpc) is 3.10. The second-order valence-electron chi connectivity index (χ2n) is 6.79. The van der Waals surface area contributed by atoms with Crippen LogP contribution in [0.15, 0.2) is 29.1 Å². The SMILES string of the molecule is O=C(CCCCCn1c(=S)[nH]c2ccccc2c1=O)NC1CCCC1. The number of hydrogen-bond donors (Lipinski definition) is 2. The molecular formula is C19H25N3O2S. The summed E-state index contributed by atoms with van der Waals surface area (Å²) in [6, 6.07) is 7.80. The summed E-state index contributed by atoms with van der Waals surface area (Å²) in [5.41, 5.74) is 0.732. The van der Waals surface area contributed by atoms with Crippen molar-refractivity contribution in [1.82, 2.24) is 14.9 Å². The molecule has 1 amide bonds.